The second-order valence-corrected chi connectivity index (χ2v) is 7.00. The fourth-order valence-corrected chi connectivity index (χ4v) is 4.37. The molecule has 2 aromatic rings. The molecule has 0 amide bonds. The molecule has 0 spiro atoms. The van der Waals surface area contributed by atoms with E-state index in [1.165, 1.54) is 31.5 Å². The Labute approximate surface area is 137 Å². The van der Waals surface area contributed by atoms with Crippen LogP contribution in [0.2, 0.25) is 0 Å². The van der Waals surface area contributed by atoms with E-state index < -0.39 is 0 Å². The molecule has 4 rings (SSSR count). The van der Waals surface area contributed by atoms with Gasteiger partial charge >= 0.3 is 0 Å². The molecule has 5 heteroatoms. The van der Waals surface area contributed by atoms with E-state index in [2.05, 4.69) is 43.9 Å². The number of aromatic nitrogens is 3. The minimum atomic E-state index is 0.614. The Morgan fingerprint density at radius 2 is 2.22 bits per heavy atom. The zero-order valence-electron chi connectivity index (χ0n) is 13.8. The maximum absolute atomic E-state index is 4.37. The van der Waals surface area contributed by atoms with Gasteiger partial charge in [-0.1, -0.05) is 6.07 Å². The molecule has 0 N–H and O–H groups in total. The summed E-state index contributed by atoms with van der Waals surface area (Å²) in [6.07, 6.45) is 10.3. The first-order valence-corrected chi connectivity index (χ1v) is 8.60. The summed E-state index contributed by atoms with van der Waals surface area (Å²) in [5.74, 6) is 0.783. The highest BCUT2D eigenvalue weighted by atomic mass is 15.3. The molecule has 2 aliphatic rings. The van der Waals surface area contributed by atoms with E-state index in [9.17, 15) is 0 Å². The quantitative estimate of drug-likeness (QED) is 0.864. The van der Waals surface area contributed by atoms with Crippen LogP contribution in [0.5, 0.6) is 0 Å². The van der Waals surface area contributed by atoms with Crippen molar-refractivity contribution in [2.24, 2.45) is 5.92 Å². The van der Waals surface area contributed by atoms with Crippen molar-refractivity contribution in [3.8, 4) is 0 Å². The summed E-state index contributed by atoms with van der Waals surface area (Å²) in [6, 6.07) is 7.58. The SMILES string of the molecule is CN1[C@H](Cn2cccn2)C[C@@H]2CN(Cc3cccnc3)CC[C@@H]21. The van der Waals surface area contributed by atoms with Crippen molar-refractivity contribution < 1.29 is 0 Å². The Bertz CT molecular complexity index is 612. The highest BCUT2D eigenvalue weighted by Crippen LogP contribution is 2.35. The molecule has 0 radical (unpaired) electrons. The molecule has 2 fully saturated rings. The lowest BCUT2D eigenvalue weighted by atomic mass is 9.92. The molecule has 5 nitrogen and oxygen atoms in total. The van der Waals surface area contributed by atoms with Crippen LogP contribution in [-0.2, 0) is 13.1 Å². The topological polar surface area (TPSA) is 37.2 Å². The molecule has 0 aromatic carbocycles. The second kappa shape index (κ2) is 6.42. The summed E-state index contributed by atoms with van der Waals surface area (Å²) < 4.78 is 2.08. The summed E-state index contributed by atoms with van der Waals surface area (Å²) in [5, 5.41) is 4.37. The normalized spacial score (nSPS) is 28.8. The van der Waals surface area contributed by atoms with Gasteiger partial charge in [-0.25, -0.2) is 0 Å². The molecule has 23 heavy (non-hydrogen) atoms. The molecule has 2 aliphatic heterocycles. The summed E-state index contributed by atoms with van der Waals surface area (Å²) in [4.78, 5) is 9.44. The number of nitrogens with zero attached hydrogens (tertiary/aromatic N) is 5. The van der Waals surface area contributed by atoms with E-state index in [0.29, 0.717) is 6.04 Å². The number of hydrogen-bond donors (Lipinski definition) is 0. The second-order valence-electron chi connectivity index (χ2n) is 7.00. The zero-order valence-corrected chi connectivity index (χ0v) is 13.8. The Morgan fingerprint density at radius 1 is 1.26 bits per heavy atom. The molecule has 2 aromatic heterocycles. The zero-order chi connectivity index (χ0) is 15.6. The van der Waals surface area contributed by atoms with Crippen molar-refractivity contribution in [3.63, 3.8) is 0 Å². The lowest BCUT2D eigenvalue weighted by Gasteiger charge is -2.37. The smallest absolute Gasteiger partial charge is 0.0565 e. The molecule has 4 heterocycles. The Morgan fingerprint density at radius 3 is 3.00 bits per heavy atom. The van der Waals surface area contributed by atoms with Crippen molar-refractivity contribution in [2.45, 2.75) is 38.0 Å². The Hall–Kier alpha value is -1.72. The largest absolute Gasteiger partial charge is 0.299 e. The Balaban J connectivity index is 1.38. The number of pyridine rings is 1. The molecule has 0 aliphatic carbocycles. The first-order chi connectivity index (χ1) is 11.3. The number of fused-ring (bicyclic) bond motifs is 1. The molecule has 3 atom stereocenters. The summed E-state index contributed by atoms with van der Waals surface area (Å²) in [5.41, 5.74) is 1.32. The van der Waals surface area contributed by atoms with Gasteiger partial charge < -0.3 is 0 Å². The molecule has 122 valence electrons. The van der Waals surface area contributed by atoms with Crippen LogP contribution >= 0.6 is 0 Å². The molecule has 2 saturated heterocycles. The third-order valence-corrected chi connectivity index (χ3v) is 5.54. The van der Waals surface area contributed by atoms with Gasteiger partial charge in [-0.15, -0.1) is 0 Å². The lowest BCUT2D eigenvalue weighted by molar-refractivity contribution is 0.109. The fraction of sp³-hybridized carbons (Fsp3) is 0.556. The van der Waals surface area contributed by atoms with E-state index in [4.69, 9.17) is 0 Å². The average Bonchev–Trinajstić information content (AvgIpc) is 3.18. The van der Waals surface area contributed by atoms with Crippen LogP contribution in [0.3, 0.4) is 0 Å². The standard InChI is InChI=1S/C18H25N5/c1-21-17(14-23-8-3-7-20-23)10-16-13-22(9-5-18(16)21)12-15-4-2-6-19-11-15/h2-4,6-8,11,16-18H,5,9-10,12-14H2,1H3/t16-,17+,18+/m1/s1. The number of piperidine rings is 1. The lowest BCUT2D eigenvalue weighted by Crippen LogP contribution is -2.45. The van der Waals surface area contributed by atoms with Crippen molar-refractivity contribution >= 4 is 0 Å². The monoisotopic (exact) mass is 311 g/mol. The van der Waals surface area contributed by atoms with Gasteiger partial charge in [0.05, 0.1) is 6.54 Å². The van der Waals surface area contributed by atoms with Gasteiger partial charge in [-0.2, -0.15) is 5.10 Å². The van der Waals surface area contributed by atoms with Crippen LogP contribution in [0.25, 0.3) is 0 Å². The van der Waals surface area contributed by atoms with Crippen LogP contribution in [-0.4, -0.2) is 56.8 Å². The predicted molar refractivity (Wildman–Crippen MR) is 89.8 cm³/mol. The summed E-state index contributed by atoms with van der Waals surface area (Å²) in [7, 11) is 2.30. The van der Waals surface area contributed by atoms with E-state index in [1.807, 2.05) is 30.7 Å². The molecular formula is C18H25N5. The molecular weight excluding hydrogens is 286 g/mol. The fourth-order valence-electron chi connectivity index (χ4n) is 4.37. The highest BCUT2D eigenvalue weighted by molar-refractivity contribution is 5.09. The molecule has 0 unspecified atom stereocenters. The third-order valence-electron chi connectivity index (χ3n) is 5.54. The van der Waals surface area contributed by atoms with Gasteiger partial charge in [0.25, 0.3) is 0 Å². The predicted octanol–water partition coefficient (Wildman–Crippen LogP) is 1.87. The highest BCUT2D eigenvalue weighted by Gasteiger charge is 2.41. The van der Waals surface area contributed by atoms with Crippen molar-refractivity contribution in [1.82, 2.24) is 24.6 Å². The van der Waals surface area contributed by atoms with Crippen molar-refractivity contribution in [3.05, 3.63) is 48.5 Å². The van der Waals surface area contributed by atoms with E-state index >= 15 is 0 Å². The summed E-state index contributed by atoms with van der Waals surface area (Å²) >= 11 is 0. The van der Waals surface area contributed by atoms with Crippen LogP contribution in [0.1, 0.15) is 18.4 Å². The van der Waals surface area contributed by atoms with Gasteiger partial charge in [0, 0.05) is 50.0 Å². The first-order valence-electron chi connectivity index (χ1n) is 8.60. The van der Waals surface area contributed by atoms with Crippen molar-refractivity contribution in [2.75, 3.05) is 20.1 Å². The maximum Gasteiger partial charge on any atom is 0.0565 e. The number of likely N-dealkylation sites (N-methyl/N-ethyl adjacent to an activating group) is 1. The number of hydrogen-bond acceptors (Lipinski definition) is 4. The van der Waals surface area contributed by atoms with E-state index in [0.717, 1.165) is 25.0 Å². The molecule has 0 bridgehead atoms. The van der Waals surface area contributed by atoms with Gasteiger partial charge in [0.2, 0.25) is 0 Å². The van der Waals surface area contributed by atoms with Crippen LogP contribution in [0.15, 0.2) is 43.0 Å². The first kappa shape index (κ1) is 14.8. The number of rotatable bonds is 4. The Kier molecular flexibility index (Phi) is 4.14. The number of likely N-dealkylation sites (tertiary alicyclic amines) is 2. The average molecular weight is 311 g/mol. The van der Waals surface area contributed by atoms with Gasteiger partial charge in [0.15, 0.2) is 0 Å². The third kappa shape index (κ3) is 3.16. The van der Waals surface area contributed by atoms with Gasteiger partial charge in [-0.3, -0.25) is 19.5 Å². The van der Waals surface area contributed by atoms with Crippen LogP contribution in [0, 0.1) is 5.92 Å². The van der Waals surface area contributed by atoms with Crippen molar-refractivity contribution in [1.29, 1.82) is 0 Å². The minimum Gasteiger partial charge on any atom is -0.299 e. The van der Waals surface area contributed by atoms with E-state index in [1.54, 1.807) is 0 Å². The van der Waals surface area contributed by atoms with Crippen LogP contribution < -0.4 is 0 Å². The summed E-state index contributed by atoms with van der Waals surface area (Å²) in [6.45, 7) is 4.44. The van der Waals surface area contributed by atoms with Gasteiger partial charge in [0.1, 0.15) is 0 Å². The molecule has 0 saturated carbocycles. The van der Waals surface area contributed by atoms with Gasteiger partial charge in [-0.05, 0) is 50.0 Å². The van der Waals surface area contributed by atoms with Crippen LogP contribution in [0.4, 0.5) is 0 Å². The van der Waals surface area contributed by atoms with E-state index in [-0.39, 0.29) is 0 Å². The minimum absolute atomic E-state index is 0.614. The maximum atomic E-state index is 4.37.